The van der Waals surface area contributed by atoms with Gasteiger partial charge in [-0.25, -0.2) is 8.78 Å². The minimum Gasteiger partial charge on any atom is -0.393 e. The number of aliphatic hydroxyl groups is 1. The van der Waals surface area contributed by atoms with Crippen LogP contribution < -0.4 is 4.90 Å². The van der Waals surface area contributed by atoms with Gasteiger partial charge in [-0.1, -0.05) is 23.7 Å². The highest BCUT2D eigenvalue weighted by molar-refractivity contribution is 6.30. The molecule has 1 atom stereocenters. The van der Waals surface area contributed by atoms with Crippen LogP contribution in [0.3, 0.4) is 0 Å². The fourth-order valence-electron chi connectivity index (χ4n) is 3.97. The van der Waals surface area contributed by atoms with Gasteiger partial charge in [0.1, 0.15) is 24.2 Å². The Morgan fingerprint density at radius 3 is 2.38 bits per heavy atom. The van der Waals surface area contributed by atoms with Gasteiger partial charge in [0.05, 0.1) is 11.8 Å². The van der Waals surface area contributed by atoms with Crippen molar-refractivity contribution in [3.8, 4) is 0 Å². The number of benzene rings is 2. The van der Waals surface area contributed by atoms with E-state index in [-0.39, 0.29) is 35.6 Å². The molecule has 2 amide bonds. The number of halogens is 3. The highest BCUT2D eigenvalue weighted by Gasteiger charge is 2.48. The summed E-state index contributed by atoms with van der Waals surface area (Å²) in [7, 11) is 0. The van der Waals surface area contributed by atoms with Gasteiger partial charge >= 0.3 is 0 Å². The second kappa shape index (κ2) is 7.72. The smallest absolute Gasteiger partial charge is 0.250 e. The van der Waals surface area contributed by atoms with E-state index in [4.69, 9.17) is 11.6 Å². The summed E-state index contributed by atoms with van der Waals surface area (Å²) in [5, 5.41) is 9.91. The van der Waals surface area contributed by atoms with Crippen LogP contribution in [0.2, 0.25) is 5.02 Å². The normalized spacial score (nSPS) is 24.6. The molecule has 1 aliphatic carbocycles. The average molecular weight is 421 g/mol. The lowest BCUT2D eigenvalue weighted by Crippen LogP contribution is -2.64. The second-order valence-electron chi connectivity index (χ2n) is 7.50. The molecule has 152 valence electrons. The summed E-state index contributed by atoms with van der Waals surface area (Å²) in [5.41, 5.74) is 0.683. The van der Waals surface area contributed by atoms with Crippen LogP contribution in [0.25, 0.3) is 0 Å². The average Bonchev–Trinajstić information content (AvgIpc) is 2.65. The minimum absolute atomic E-state index is 0.000876. The van der Waals surface area contributed by atoms with Crippen LogP contribution >= 0.6 is 11.6 Å². The SMILES string of the molecule is O=C1[C@@H](C2CC(O)C2)N(Cc2ccc(F)cc2)C(=O)CN1c1ccc(Cl)cc1F. The van der Waals surface area contributed by atoms with Crippen LogP contribution in [0.1, 0.15) is 18.4 Å². The lowest BCUT2D eigenvalue weighted by atomic mass is 9.75. The van der Waals surface area contributed by atoms with E-state index in [1.165, 1.54) is 29.2 Å². The number of hydrogen-bond donors (Lipinski definition) is 1. The number of carbonyl (C=O) groups excluding carboxylic acids is 2. The van der Waals surface area contributed by atoms with E-state index in [0.717, 1.165) is 11.0 Å². The molecule has 2 aromatic rings. The maximum absolute atomic E-state index is 14.4. The summed E-state index contributed by atoms with van der Waals surface area (Å²) in [6.45, 7) is -0.163. The van der Waals surface area contributed by atoms with Gasteiger partial charge < -0.3 is 10.0 Å². The molecule has 2 aliphatic rings. The molecule has 8 heteroatoms. The molecule has 1 saturated carbocycles. The topological polar surface area (TPSA) is 60.9 Å². The fourth-order valence-corrected chi connectivity index (χ4v) is 4.13. The van der Waals surface area contributed by atoms with Gasteiger partial charge in [0.25, 0.3) is 5.91 Å². The highest BCUT2D eigenvalue weighted by atomic mass is 35.5. The lowest BCUT2D eigenvalue weighted by molar-refractivity contribution is -0.149. The lowest BCUT2D eigenvalue weighted by Gasteiger charge is -2.47. The van der Waals surface area contributed by atoms with Crippen LogP contribution in [0.4, 0.5) is 14.5 Å². The Bertz CT molecular complexity index is 947. The van der Waals surface area contributed by atoms with E-state index < -0.39 is 29.7 Å². The minimum atomic E-state index is -0.820. The second-order valence-corrected chi connectivity index (χ2v) is 7.93. The first kappa shape index (κ1) is 19.8. The molecular weight excluding hydrogens is 402 g/mol. The molecule has 0 unspecified atom stereocenters. The van der Waals surface area contributed by atoms with Crippen molar-refractivity contribution in [3.63, 3.8) is 0 Å². The molecular formula is C21H19ClF2N2O3. The third kappa shape index (κ3) is 3.84. The summed E-state index contributed by atoms with van der Waals surface area (Å²) in [6.07, 6.45) is 0.263. The quantitative estimate of drug-likeness (QED) is 0.826. The first-order chi connectivity index (χ1) is 13.8. The number of carbonyl (C=O) groups is 2. The Labute approximate surface area is 171 Å². The summed E-state index contributed by atoms with van der Waals surface area (Å²) in [4.78, 5) is 28.8. The molecule has 5 nitrogen and oxygen atoms in total. The number of piperazine rings is 1. The number of amides is 2. The van der Waals surface area contributed by atoms with Crippen molar-refractivity contribution in [2.24, 2.45) is 5.92 Å². The van der Waals surface area contributed by atoms with Crippen molar-refractivity contribution < 1.29 is 23.5 Å². The van der Waals surface area contributed by atoms with E-state index >= 15 is 0 Å². The van der Waals surface area contributed by atoms with Gasteiger partial charge in [0, 0.05) is 11.6 Å². The van der Waals surface area contributed by atoms with Crippen LogP contribution in [0.15, 0.2) is 42.5 Å². The van der Waals surface area contributed by atoms with Crippen molar-refractivity contribution in [2.75, 3.05) is 11.4 Å². The first-order valence-electron chi connectivity index (χ1n) is 9.32. The van der Waals surface area contributed by atoms with Gasteiger partial charge in [0.2, 0.25) is 5.91 Å². The van der Waals surface area contributed by atoms with E-state index in [9.17, 15) is 23.5 Å². The van der Waals surface area contributed by atoms with Crippen LogP contribution in [-0.4, -0.2) is 40.5 Å². The third-order valence-electron chi connectivity index (χ3n) is 5.53. The standard InChI is InChI=1S/C21H19ClF2N2O3/c22-14-3-6-18(17(24)9-14)25-11-19(28)26(10-12-1-4-15(23)5-2-12)20(21(25)29)13-7-16(27)8-13/h1-6,9,13,16,20,27H,7-8,10-11H2/t13?,16?,20-/m1/s1. The maximum atomic E-state index is 14.4. The first-order valence-corrected chi connectivity index (χ1v) is 9.69. The number of aliphatic hydroxyl groups excluding tert-OH is 1. The number of nitrogens with zero attached hydrogens (tertiary/aromatic N) is 2. The Morgan fingerprint density at radius 1 is 1.07 bits per heavy atom. The van der Waals surface area contributed by atoms with E-state index in [2.05, 4.69) is 0 Å². The van der Waals surface area contributed by atoms with Crippen LogP contribution in [0, 0.1) is 17.6 Å². The van der Waals surface area contributed by atoms with Gasteiger partial charge in [0.15, 0.2) is 0 Å². The zero-order valence-electron chi connectivity index (χ0n) is 15.4. The third-order valence-corrected chi connectivity index (χ3v) is 5.77. The molecule has 1 heterocycles. The van der Waals surface area contributed by atoms with E-state index in [1.807, 2.05) is 0 Å². The maximum Gasteiger partial charge on any atom is 0.250 e. The predicted molar refractivity (Wildman–Crippen MR) is 103 cm³/mol. The van der Waals surface area contributed by atoms with Crippen molar-refractivity contribution in [2.45, 2.75) is 31.5 Å². The monoisotopic (exact) mass is 420 g/mol. The molecule has 2 aromatic carbocycles. The molecule has 0 spiro atoms. The zero-order valence-corrected chi connectivity index (χ0v) is 16.1. The Morgan fingerprint density at radius 2 is 1.76 bits per heavy atom. The molecule has 1 saturated heterocycles. The molecule has 2 fully saturated rings. The Kier molecular flexibility index (Phi) is 5.27. The van der Waals surface area contributed by atoms with Gasteiger partial charge in [-0.15, -0.1) is 0 Å². The van der Waals surface area contributed by atoms with E-state index in [1.54, 1.807) is 12.1 Å². The molecule has 4 rings (SSSR count). The summed E-state index contributed by atoms with van der Waals surface area (Å²) in [5.74, 6) is -2.03. The van der Waals surface area contributed by atoms with Crippen molar-refractivity contribution in [1.82, 2.24) is 4.90 Å². The Hall–Kier alpha value is -2.51. The van der Waals surface area contributed by atoms with Crippen molar-refractivity contribution >= 4 is 29.1 Å². The highest BCUT2D eigenvalue weighted by Crippen LogP contribution is 2.37. The zero-order chi connectivity index (χ0) is 20.7. The van der Waals surface area contributed by atoms with Gasteiger partial charge in [-0.3, -0.25) is 14.5 Å². The number of hydrogen-bond acceptors (Lipinski definition) is 3. The van der Waals surface area contributed by atoms with Crippen molar-refractivity contribution in [1.29, 1.82) is 0 Å². The van der Waals surface area contributed by atoms with Crippen LogP contribution in [0.5, 0.6) is 0 Å². The Balaban J connectivity index is 1.65. The molecule has 29 heavy (non-hydrogen) atoms. The number of anilines is 1. The summed E-state index contributed by atoms with van der Waals surface area (Å²) < 4.78 is 27.6. The molecule has 0 radical (unpaired) electrons. The number of rotatable bonds is 4. The largest absolute Gasteiger partial charge is 0.393 e. The molecule has 1 N–H and O–H groups in total. The van der Waals surface area contributed by atoms with Gasteiger partial charge in [-0.2, -0.15) is 0 Å². The predicted octanol–water partition coefficient (Wildman–Crippen LogP) is 3.13. The molecule has 0 aromatic heterocycles. The summed E-state index contributed by atoms with van der Waals surface area (Å²) >= 11 is 5.80. The van der Waals surface area contributed by atoms with Crippen LogP contribution in [-0.2, 0) is 16.1 Å². The fraction of sp³-hybridized carbons (Fsp3) is 0.333. The molecule has 1 aliphatic heterocycles. The van der Waals surface area contributed by atoms with E-state index in [0.29, 0.717) is 18.4 Å². The summed E-state index contributed by atoms with van der Waals surface area (Å²) in [6, 6.07) is 8.83. The van der Waals surface area contributed by atoms with Crippen molar-refractivity contribution in [3.05, 3.63) is 64.7 Å². The van der Waals surface area contributed by atoms with Gasteiger partial charge in [-0.05, 0) is 54.7 Å². The molecule has 0 bridgehead atoms.